The lowest BCUT2D eigenvalue weighted by Crippen LogP contribution is -2.00. The van der Waals surface area contributed by atoms with Crippen LogP contribution in [0.3, 0.4) is 0 Å². The van der Waals surface area contributed by atoms with Crippen LogP contribution in [0, 0.1) is 5.82 Å². The summed E-state index contributed by atoms with van der Waals surface area (Å²) in [5.41, 5.74) is 0.463. The molecular weight excluding hydrogens is 134 g/mol. The van der Waals surface area contributed by atoms with Crippen molar-refractivity contribution >= 4 is 13.3 Å². The van der Waals surface area contributed by atoms with E-state index in [2.05, 4.69) is 0 Å². The zero-order valence-corrected chi connectivity index (χ0v) is 5.26. The Labute approximate surface area is 59.7 Å². The Morgan fingerprint density at radius 3 is 2.10 bits per heavy atom. The molecule has 2 nitrogen and oxygen atoms in total. The molecule has 0 unspecified atom stereocenters. The Balaban J connectivity index is 0. The third-order valence-corrected chi connectivity index (χ3v) is 0.849. The molecule has 1 aromatic rings. The molecule has 0 aromatic heterocycles. The summed E-state index contributed by atoms with van der Waals surface area (Å²) in [6, 6.07) is 5.85. The van der Waals surface area contributed by atoms with Crippen molar-refractivity contribution < 1.29 is 15.3 Å². The van der Waals surface area contributed by atoms with Gasteiger partial charge in [-0.25, -0.2) is 4.39 Å². The first-order valence-electron chi connectivity index (χ1n) is 2.30. The number of benzene rings is 1. The first-order chi connectivity index (χ1) is 3.79. The first kappa shape index (κ1) is 11.9. The summed E-state index contributed by atoms with van der Waals surface area (Å²) < 4.78 is 12.1. The molecule has 0 fully saturated rings. The van der Waals surface area contributed by atoms with Gasteiger partial charge in [-0.05, 0) is 12.1 Å². The van der Waals surface area contributed by atoms with Gasteiger partial charge < -0.3 is 11.0 Å². The van der Waals surface area contributed by atoms with Crippen molar-refractivity contribution in [3.63, 3.8) is 0 Å². The van der Waals surface area contributed by atoms with Gasteiger partial charge in [0.05, 0.1) is 0 Å². The topological polar surface area (TPSA) is 63.0 Å². The third kappa shape index (κ3) is 3.22. The van der Waals surface area contributed by atoms with Gasteiger partial charge in [-0.15, -0.1) is 0 Å². The second-order valence-electron chi connectivity index (χ2n) is 1.56. The third-order valence-electron chi connectivity index (χ3n) is 0.849. The van der Waals surface area contributed by atoms with Gasteiger partial charge in [0.25, 0.3) is 0 Å². The summed E-state index contributed by atoms with van der Waals surface area (Å²) in [6.07, 6.45) is 0. The number of rotatable bonds is 0. The smallest absolute Gasteiger partial charge is 0.122 e. The van der Waals surface area contributed by atoms with Crippen LogP contribution < -0.4 is 5.46 Å². The van der Waals surface area contributed by atoms with E-state index in [1.807, 2.05) is 0 Å². The molecule has 0 bridgehead atoms. The standard InChI is InChI=1S/C6H4BF.2H2O/c7-5-2-1-3-6(8)4-5;;/h1-4H;2*1H2. The van der Waals surface area contributed by atoms with Crippen LogP contribution in [0.25, 0.3) is 0 Å². The summed E-state index contributed by atoms with van der Waals surface area (Å²) in [4.78, 5) is 0. The largest absolute Gasteiger partial charge is 0.412 e. The molecule has 0 aliphatic heterocycles. The van der Waals surface area contributed by atoms with E-state index in [-0.39, 0.29) is 16.8 Å². The van der Waals surface area contributed by atoms with Crippen molar-refractivity contribution in [2.24, 2.45) is 0 Å². The van der Waals surface area contributed by atoms with Crippen LogP contribution in [0.2, 0.25) is 0 Å². The minimum absolute atomic E-state index is 0. The first-order valence-corrected chi connectivity index (χ1v) is 2.30. The molecule has 0 saturated heterocycles. The maximum Gasteiger partial charge on any atom is 0.122 e. The molecule has 1 rings (SSSR count). The summed E-state index contributed by atoms with van der Waals surface area (Å²) in [5.74, 6) is -0.287. The Hall–Kier alpha value is -0.865. The molecule has 0 amide bonds. The highest BCUT2D eigenvalue weighted by atomic mass is 19.1. The highest BCUT2D eigenvalue weighted by Crippen LogP contribution is 1.89. The summed E-state index contributed by atoms with van der Waals surface area (Å²) in [6.45, 7) is 0. The monoisotopic (exact) mass is 142 g/mol. The van der Waals surface area contributed by atoms with Gasteiger partial charge in [0.1, 0.15) is 13.7 Å². The summed E-state index contributed by atoms with van der Waals surface area (Å²) >= 11 is 0. The Kier molecular flexibility index (Phi) is 5.89. The average molecular weight is 142 g/mol. The maximum atomic E-state index is 12.1. The molecule has 0 heterocycles. The van der Waals surface area contributed by atoms with Crippen LogP contribution in [-0.2, 0) is 0 Å². The fraction of sp³-hybridized carbons (Fsp3) is 0. The summed E-state index contributed by atoms with van der Waals surface area (Å²) in [5, 5.41) is 0. The minimum atomic E-state index is -0.287. The van der Waals surface area contributed by atoms with E-state index >= 15 is 0 Å². The van der Waals surface area contributed by atoms with Gasteiger partial charge in [-0.1, -0.05) is 17.6 Å². The molecule has 1 aromatic carbocycles. The number of hydrogen-bond donors (Lipinski definition) is 0. The van der Waals surface area contributed by atoms with Crippen molar-refractivity contribution in [2.45, 2.75) is 0 Å². The van der Waals surface area contributed by atoms with Gasteiger partial charge in [0, 0.05) is 0 Å². The average Bonchev–Trinajstić information content (AvgIpc) is 1.64. The minimum Gasteiger partial charge on any atom is -0.412 e. The lowest BCUT2D eigenvalue weighted by atomic mass is 9.97. The van der Waals surface area contributed by atoms with Crippen molar-refractivity contribution in [1.82, 2.24) is 0 Å². The highest BCUT2D eigenvalue weighted by molar-refractivity contribution is 6.32. The molecule has 0 saturated carbocycles. The van der Waals surface area contributed by atoms with Crippen LogP contribution in [0.1, 0.15) is 0 Å². The van der Waals surface area contributed by atoms with Gasteiger partial charge in [0.2, 0.25) is 0 Å². The predicted molar refractivity (Wildman–Crippen MR) is 39.0 cm³/mol. The maximum absolute atomic E-state index is 12.1. The molecule has 0 aliphatic carbocycles. The van der Waals surface area contributed by atoms with Crippen LogP contribution >= 0.6 is 0 Å². The molecule has 2 radical (unpaired) electrons. The van der Waals surface area contributed by atoms with Crippen LogP contribution in [-0.4, -0.2) is 18.8 Å². The van der Waals surface area contributed by atoms with Crippen molar-refractivity contribution in [3.8, 4) is 0 Å². The second-order valence-corrected chi connectivity index (χ2v) is 1.56. The van der Waals surface area contributed by atoms with Crippen LogP contribution in [0.15, 0.2) is 24.3 Å². The molecule has 4 N–H and O–H groups in total. The molecule has 10 heavy (non-hydrogen) atoms. The Morgan fingerprint density at radius 1 is 1.20 bits per heavy atom. The van der Waals surface area contributed by atoms with Crippen molar-refractivity contribution in [3.05, 3.63) is 30.1 Å². The zero-order valence-electron chi connectivity index (χ0n) is 5.26. The quantitative estimate of drug-likeness (QED) is 0.415. The Bertz CT molecular complexity index is 176. The van der Waals surface area contributed by atoms with E-state index in [0.29, 0.717) is 5.46 Å². The van der Waals surface area contributed by atoms with E-state index in [4.69, 9.17) is 7.85 Å². The predicted octanol–water partition coefficient (Wildman–Crippen LogP) is -1.03. The zero-order chi connectivity index (χ0) is 5.98. The summed E-state index contributed by atoms with van der Waals surface area (Å²) in [7, 11) is 5.22. The second kappa shape index (κ2) is 4.96. The van der Waals surface area contributed by atoms with Gasteiger partial charge in [-0.3, -0.25) is 0 Å². The van der Waals surface area contributed by atoms with Crippen molar-refractivity contribution in [2.75, 3.05) is 0 Å². The molecule has 0 aliphatic rings. The number of halogens is 1. The van der Waals surface area contributed by atoms with Crippen LogP contribution in [0.4, 0.5) is 4.39 Å². The van der Waals surface area contributed by atoms with E-state index in [1.165, 1.54) is 12.1 Å². The van der Waals surface area contributed by atoms with Crippen molar-refractivity contribution in [1.29, 1.82) is 0 Å². The van der Waals surface area contributed by atoms with E-state index in [1.54, 1.807) is 12.1 Å². The fourth-order valence-corrected chi connectivity index (χ4v) is 0.507. The van der Waals surface area contributed by atoms with Gasteiger partial charge >= 0.3 is 0 Å². The molecule has 0 atom stereocenters. The lowest BCUT2D eigenvalue weighted by molar-refractivity contribution is 0.629. The van der Waals surface area contributed by atoms with Gasteiger partial charge in [0.15, 0.2) is 0 Å². The normalized spacial score (nSPS) is 7.30. The molecule has 54 valence electrons. The number of hydrogen-bond acceptors (Lipinski definition) is 0. The highest BCUT2D eigenvalue weighted by Gasteiger charge is 1.84. The van der Waals surface area contributed by atoms with Crippen LogP contribution in [0.5, 0.6) is 0 Å². The SMILES string of the molecule is O.O.[B]c1cccc(F)c1. The molecule has 0 spiro atoms. The van der Waals surface area contributed by atoms with E-state index < -0.39 is 0 Å². The lowest BCUT2D eigenvalue weighted by Gasteiger charge is -1.87. The molecule has 4 heteroatoms. The fourth-order valence-electron chi connectivity index (χ4n) is 0.507. The van der Waals surface area contributed by atoms with E-state index in [9.17, 15) is 4.39 Å². The molecular formula is C6H8BFO2. The van der Waals surface area contributed by atoms with E-state index in [0.717, 1.165) is 0 Å². The van der Waals surface area contributed by atoms with Gasteiger partial charge in [-0.2, -0.15) is 0 Å². The Morgan fingerprint density at radius 2 is 1.80 bits per heavy atom.